The Bertz CT molecular complexity index is 4160. The normalized spacial score (nSPS) is 22.2. The zero-order valence-corrected chi connectivity index (χ0v) is 84.4. The van der Waals surface area contributed by atoms with E-state index in [1.165, 1.54) is 83.1 Å². The molecule has 14 rings (SSSR count). The van der Waals surface area contributed by atoms with Crippen molar-refractivity contribution in [3.63, 3.8) is 0 Å². The highest BCUT2D eigenvalue weighted by Crippen LogP contribution is 2.36. The maximum absolute atomic E-state index is 13.5. The number of hydrogen-bond donors (Lipinski definition) is 10. The van der Waals surface area contributed by atoms with Crippen molar-refractivity contribution >= 4 is 6.08 Å². The first kappa shape index (κ1) is 114. The van der Waals surface area contributed by atoms with Crippen LogP contribution in [0.5, 0.6) is 40.2 Å². The number of aliphatic hydroxyl groups excluding tert-OH is 10. The van der Waals surface area contributed by atoms with Gasteiger partial charge in [0.25, 0.3) is 0 Å². The molecule has 760 valence electrons. The summed E-state index contributed by atoms with van der Waals surface area (Å²) < 4.78 is 54.3. The molecule has 7 fully saturated rings. The highest BCUT2D eigenvalue weighted by Gasteiger charge is 2.28. The van der Waals surface area contributed by atoms with Crippen LogP contribution in [-0.4, -0.2) is 128 Å². The third kappa shape index (κ3) is 46.1. The molecule has 7 aromatic carbocycles. The standard InChI is InChI=1S/C17H23FO.5C17H26O3.C17H22O/c1-2-3-7-15-10-16(18)12-17(11-15)19-13-14-8-5-4-6-9-14;3*1-2-5-17(19)14-7-4-9-16(11-14)20-12-13-6-3-8-15(18)10-13;2*1-2-6-16(18)13-8-5-9-15(11-13)20-12-14-7-3-4-10-17(14)19;1-2-3-8-15-11-7-12-17(13-15)18-14-16-9-5-4-6-10-16/h3,7,10-12,14H,2,4-6,8-9,13H2,1H3;3*4,7,9,11,13,15,17-19H,2-3,5-6,8,10,12H2,1H3;2*5,8-9,11,14,16-19H,2-4,6-7,10,12H2,1H3;7,11-13,16H,2,4-6,9-10,14H2,1H3/b7-3+;;;;;;/t;13-,15+,17+;13-,15-,17+;13-,15-,17-;14-,16+,17-;14-,16-,17+;/m.00101./s1. The lowest BCUT2D eigenvalue weighted by molar-refractivity contribution is 0.0419. The lowest BCUT2D eigenvalue weighted by atomic mass is 9.87. The average molecular weight is 1900 g/mol. The molecule has 0 aliphatic heterocycles. The van der Waals surface area contributed by atoms with E-state index in [0.717, 1.165) is 285 Å². The van der Waals surface area contributed by atoms with Crippen molar-refractivity contribution in [2.45, 2.75) is 379 Å². The molecule has 0 heterocycles. The predicted octanol–water partition coefficient (Wildman–Crippen LogP) is 26.9. The third-order valence-electron chi connectivity index (χ3n) is 27.5. The van der Waals surface area contributed by atoms with E-state index < -0.39 is 30.5 Å². The van der Waals surface area contributed by atoms with E-state index in [0.29, 0.717) is 62.5 Å². The number of halogens is 1. The van der Waals surface area contributed by atoms with Gasteiger partial charge in [0.05, 0.1) is 107 Å². The first-order valence-electron chi connectivity index (χ1n) is 53.4. The zero-order valence-electron chi connectivity index (χ0n) is 84.4. The van der Waals surface area contributed by atoms with Crippen LogP contribution in [0.15, 0.2) is 170 Å². The molecule has 0 aromatic heterocycles. The summed E-state index contributed by atoms with van der Waals surface area (Å²) in [6.07, 6.45) is 45.2. The number of ether oxygens (including phenoxy) is 7. The lowest BCUT2D eigenvalue weighted by Crippen LogP contribution is -2.29. The van der Waals surface area contributed by atoms with Crippen LogP contribution in [0.25, 0.3) is 6.08 Å². The predicted molar refractivity (Wildman–Crippen MR) is 552 cm³/mol. The van der Waals surface area contributed by atoms with Gasteiger partial charge in [-0.05, 0) is 302 Å². The molecule has 7 aromatic rings. The van der Waals surface area contributed by atoms with Crippen molar-refractivity contribution in [1.82, 2.24) is 0 Å². The van der Waals surface area contributed by atoms with E-state index in [1.807, 2.05) is 164 Å². The van der Waals surface area contributed by atoms with Crippen LogP contribution in [0.4, 0.5) is 4.39 Å². The topological polar surface area (TPSA) is 267 Å². The molecule has 17 nitrogen and oxygen atoms in total. The SMILES string of the molecule is CC/C=C/c1cc(F)cc(OCC2CCCCC2)c1.CCC#Cc1cccc(OCC2CCCCC2)c1.CCC[C@@H](O)c1cccc(OC[C@@H]2CCCC[C@@H]2O)c1.CCC[C@@H](O)c1cccc(OC[C@@H]2CCC[C@@H](O)C2)c1.CCC[C@@H](O)c1cccc(OC[C@H]2CCCC[C@@H]2O)c1.CCC[C@@H](O)c1cccc(OC[C@H]2CCC[C@@H](O)C2)c1.CCC[C@@H](O)c1cccc(OC[C@H]2CCC[C@H](O)C2)c1. The number of allylic oxidation sites excluding steroid dienone is 1. The first-order chi connectivity index (χ1) is 66.6. The summed E-state index contributed by atoms with van der Waals surface area (Å²) >= 11 is 0. The first-order valence-corrected chi connectivity index (χ1v) is 53.4. The minimum absolute atomic E-state index is 0.157. The molecule has 0 radical (unpaired) electrons. The molecule has 0 spiro atoms. The van der Waals surface area contributed by atoms with Crippen molar-refractivity contribution in [2.24, 2.45) is 41.4 Å². The lowest BCUT2D eigenvalue weighted by Gasteiger charge is -2.27. The summed E-state index contributed by atoms with van der Waals surface area (Å²) in [6.45, 7) is 19.1. The van der Waals surface area contributed by atoms with Crippen LogP contribution in [0.1, 0.15) is 388 Å². The minimum Gasteiger partial charge on any atom is -0.493 e. The highest BCUT2D eigenvalue weighted by atomic mass is 19.1. The molecule has 7 aliphatic rings. The van der Waals surface area contributed by atoms with Gasteiger partial charge in [-0.1, -0.05) is 255 Å². The highest BCUT2D eigenvalue weighted by molar-refractivity contribution is 5.52. The van der Waals surface area contributed by atoms with Gasteiger partial charge in [-0.25, -0.2) is 4.39 Å². The molecule has 0 unspecified atom stereocenters. The van der Waals surface area contributed by atoms with Crippen LogP contribution in [-0.2, 0) is 0 Å². The van der Waals surface area contributed by atoms with E-state index in [2.05, 4.69) is 60.3 Å². The van der Waals surface area contributed by atoms with Crippen molar-refractivity contribution in [2.75, 3.05) is 46.2 Å². The van der Waals surface area contributed by atoms with E-state index in [-0.39, 0.29) is 48.2 Å². The molecular weight excluding hydrogens is 1720 g/mol. The van der Waals surface area contributed by atoms with Gasteiger partial charge < -0.3 is 84.2 Å². The molecule has 7 saturated carbocycles. The second-order valence-corrected chi connectivity index (χ2v) is 39.6. The van der Waals surface area contributed by atoms with E-state index >= 15 is 0 Å². The van der Waals surface area contributed by atoms with Gasteiger partial charge >= 0.3 is 0 Å². The molecule has 0 saturated heterocycles. The summed E-state index contributed by atoms with van der Waals surface area (Å²) in [5.41, 5.74) is 6.52. The number of hydrogen-bond acceptors (Lipinski definition) is 17. The third-order valence-corrected chi connectivity index (χ3v) is 27.5. The van der Waals surface area contributed by atoms with Gasteiger partial charge in [0.1, 0.15) is 46.1 Å². The molecular formula is C119H175FO17. The monoisotopic (exact) mass is 1900 g/mol. The van der Waals surface area contributed by atoms with Gasteiger partial charge in [0.15, 0.2) is 0 Å². The Morgan fingerprint density at radius 3 is 0.912 bits per heavy atom. The number of aliphatic hydroxyl groups is 10. The summed E-state index contributed by atoms with van der Waals surface area (Å²) in [4.78, 5) is 0. The van der Waals surface area contributed by atoms with Gasteiger partial charge in [0, 0.05) is 29.9 Å². The minimum atomic E-state index is -0.413. The Hall–Kier alpha value is -8.03. The Labute approximate surface area is 823 Å². The quantitative estimate of drug-likeness (QED) is 0.0161. The fourth-order valence-corrected chi connectivity index (χ4v) is 19.3. The van der Waals surface area contributed by atoms with Crippen molar-refractivity contribution < 1.29 is 88.6 Å². The maximum Gasteiger partial charge on any atom is 0.127 e. The molecule has 10 N–H and O–H groups in total. The summed E-state index contributed by atoms with van der Waals surface area (Å²) in [5, 5.41) is 98.9. The molecule has 137 heavy (non-hydrogen) atoms. The second-order valence-electron chi connectivity index (χ2n) is 39.6. The fourth-order valence-electron chi connectivity index (χ4n) is 19.3. The van der Waals surface area contributed by atoms with Gasteiger partial charge in [-0.2, -0.15) is 0 Å². The Balaban J connectivity index is 0.000000196. The average Bonchev–Trinajstić information content (AvgIpc) is 0.894. The number of benzene rings is 7. The summed E-state index contributed by atoms with van der Waals surface area (Å²) in [7, 11) is 0. The van der Waals surface area contributed by atoms with E-state index in [4.69, 9.17) is 33.2 Å². The Morgan fingerprint density at radius 2 is 0.599 bits per heavy atom. The van der Waals surface area contributed by atoms with Gasteiger partial charge in [0.2, 0.25) is 0 Å². The van der Waals surface area contributed by atoms with Crippen LogP contribution in [0, 0.1) is 59.1 Å². The smallest absolute Gasteiger partial charge is 0.127 e. The van der Waals surface area contributed by atoms with E-state index in [1.54, 1.807) is 6.07 Å². The van der Waals surface area contributed by atoms with Crippen molar-refractivity contribution in [1.29, 1.82) is 0 Å². The molecule has 18 heteroatoms. The fraction of sp³-hybridized carbons (Fsp3) is 0.613. The van der Waals surface area contributed by atoms with Crippen molar-refractivity contribution in [3.8, 4) is 52.1 Å². The second kappa shape index (κ2) is 67.4. The van der Waals surface area contributed by atoms with Crippen molar-refractivity contribution in [3.05, 3.63) is 215 Å². The Kier molecular flexibility index (Phi) is 56.2. The molecule has 7 aliphatic carbocycles. The van der Waals surface area contributed by atoms with Gasteiger partial charge in [-0.15, -0.1) is 0 Å². The van der Waals surface area contributed by atoms with Gasteiger partial charge in [-0.3, -0.25) is 0 Å². The summed E-state index contributed by atoms with van der Waals surface area (Å²) in [5.74, 6) is 14.9. The molecule has 0 bridgehead atoms. The van der Waals surface area contributed by atoms with E-state index in [9.17, 15) is 55.5 Å². The molecule has 15 atom stereocenters. The number of rotatable bonds is 38. The van der Waals surface area contributed by atoms with Crippen LogP contribution < -0.4 is 33.2 Å². The largest absolute Gasteiger partial charge is 0.493 e. The maximum atomic E-state index is 13.5. The zero-order chi connectivity index (χ0) is 98.0. The van der Waals surface area contributed by atoms with Crippen LogP contribution in [0.3, 0.4) is 0 Å². The Morgan fingerprint density at radius 1 is 0.307 bits per heavy atom. The van der Waals surface area contributed by atoms with Crippen LogP contribution >= 0.6 is 0 Å². The molecule has 0 amide bonds. The van der Waals surface area contributed by atoms with Crippen LogP contribution in [0.2, 0.25) is 0 Å². The summed E-state index contributed by atoms with van der Waals surface area (Å²) in [6, 6.07) is 51.6.